The van der Waals surface area contributed by atoms with Gasteiger partial charge in [0.15, 0.2) is 5.75 Å². The summed E-state index contributed by atoms with van der Waals surface area (Å²) in [7, 11) is 1.24. The van der Waals surface area contributed by atoms with Crippen LogP contribution in [0.25, 0.3) is 0 Å². The number of halogens is 5. The van der Waals surface area contributed by atoms with Crippen molar-refractivity contribution >= 4 is 64.0 Å². The minimum absolute atomic E-state index is 0.00122. The van der Waals surface area contributed by atoms with E-state index in [9.17, 15) is 4.79 Å². The van der Waals surface area contributed by atoms with E-state index in [4.69, 9.17) is 62.7 Å². The molecule has 0 N–H and O–H groups in total. The fourth-order valence-electron chi connectivity index (χ4n) is 1.09. The Balaban J connectivity index is 3.23. The van der Waals surface area contributed by atoms with Gasteiger partial charge in [0.05, 0.1) is 28.3 Å². The Morgan fingerprint density at radius 2 is 1.37 bits per heavy atom. The van der Waals surface area contributed by atoms with Gasteiger partial charge in [-0.1, -0.05) is 58.0 Å². The number of allylic oxidation sites excluding steroid dienone is 1. The summed E-state index contributed by atoms with van der Waals surface area (Å²) in [6.07, 6.45) is 1.11. The lowest BCUT2D eigenvalue weighted by atomic mass is 10.3. The van der Waals surface area contributed by atoms with E-state index in [0.717, 1.165) is 6.08 Å². The van der Waals surface area contributed by atoms with E-state index >= 15 is 0 Å². The second-order valence-corrected chi connectivity index (χ2v) is 5.17. The van der Waals surface area contributed by atoms with Crippen LogP contribution in [0.1, 0.15) is 6.92 Å². The molecule has 104 valence electrons. The van der Waals surface area contributed by atoms with Crippen LogP contribution in [0, 0.1) is 0 Å². The van der Waals surface area contributed by atoms with Crippen molar-refractivity contribution in [2.45, 2.75) is 6.92 Å². The van der Waals surface area contributed by atoms with Crippen LogP contribution in [0.15, 0.2) is 11.8 Å². The van der Waals surface area contributed by atoms with Gasteiger partial charge in [-0.15, -0.1) is 0 Å². The number of carbonyl (C=O) groups is 1. The first kappa shape index (κ1) is 16.7. The van der Waals surface area contributed by atoms with Crippen molar-refractivity contribution in [3.05, 3.63) is 36.9 Å². The number of rotatable bonds is 3. The molecule has 0 spiro atoms. The van der Waals surface area contributed by atoms with E-state index in [1.54, 1.807) is 0 Å². The molecule has 0 saturated carbocycles. The minimum Gasteiger partial charge on any atom is -0.466 e. The average Bonchev–Trinajstić information content (AvgIpc) is 2.39. The van der Waals surface area contributed by atoms with Gasteiger partial charge in [-0.25, -0.2) is 4.79 Å². The quantitative estimate of drug-likeness (QED) is 0.237. The third-order valence-corrected chi connectivity index (χ3v) is 4.20. The van der Waals surface area contributed by atoms with Gasteiger partial charge in [0.25, 0.3) is 0 Å². The van der Waals surface area contributed by atoms with E-state index in [-0.39, 0.29) is 36.6 Å². The third-order valence-electron chi connectivity index (χ3n) is 1.95. The topological polar surface area (TPSA) is 35.5 Å². The zero-order valence-corrected chi connectivity index (χ0v) is 13.5. The van der Waals surface area contributed by atoms with Crippen LogP contribution < -0.4 is 4.74 Å². The molecule has 0 atom stereocenters. The van der Waals surface area contributed by atoms with Gasteiger partial charge in [-0.05, 0) is 6.92 Å². The molecule has 0 bridgehead atoms. The Bertz CT molecular complexity index is 525. The highest BCUT2D eigenvalue weighted by Crippen LogP contribution is 2.48. The molecule has 0 saturated heterocycles. The lowest BCUT2D eigenvalue weighted by molar-refractivity contribution is -0.135. The molecule has 0 amide bonds. The molecule has 1 aromatic carbocycles. The summed E-state index contributed by atoms with van der Waals surface area (Å²) in [4.78, 5) is 11.1. The molecule has 0 heterocycles. The highest BCUT2D eigenvalue weighted by atomic mass is 35.5. The van der Waals surface area contributed by atoms with Crippen molar-refractivity contribution in [1.82, 2.24) is 0 Å². The zero-order valence-electron chi connectivity index (χ0n) is 9.69. The zero-order chi connectivity index (χ0) is 14.7. The largest absolute Gasteiger partial charge is 0.466 e. The molecule has 0 aliphatic carbocycles. The predicted octanol–water partition coefficient (Wildman–Crippen LogP) is 5.41. The molecular formula is C11H7Cl5O3. The van der Waals surface area contributed by atoms with E-state index in [1.165, 1.54) is 14.0 Å². The van der Waals surface area contributed by atoms with Crippen LogP contribution in [-0.4, -0.2) is 13.1 Å². The van der Waals surface area contributed by atoms with Gasteiger partial charge in [0.2, 0.25) is 0 Å². The monoisotopic (exact) mass is 362 g/mol. The van der Waals surface area contributed by atoms with E-state index in [0.29, 0.717) is 0 Å². The number of ether oxygens (including phenoxy) is 2. The smallest absolute Gasteiger partial charge is 0.333 e. The number of carbonyl (C=O) groups excluding carboxylic acids is 1. The summed E-state index contributed by atoms with van der Waals surface area (Å²) in [5.74, 6) is -0.374. The number of hydrogen-bond acceptors (Lipinski definition) is 3. The van der Waals surface area contributed by atoms with Gasteiger partial charge in [0, 0.05) is 0 Å². The van der Waals surface area contributed by atoms with Gasteiger partial charge < -0.3 is 9.47 Å². The number of hydrogen-bond donors (Lipinski definition) is 0. The molecule has 0 radical (unpaired) electrons. The third kappa shape index (κ3) is 3.83. The van der Waals surface area contributed by atoms with Crippen molar-refractivity contribution in [2.75, 3.05) is 7.11 Å². The highest BCUT2D eigenvalue weighted by Gasteiger charge is 2.21. The SMILES string of the molecule is COC(=O)/C=C(/C)Oc1c(Cl)c(Cl)c(Cl)c(Cl)c1Cl. The molecule has 3 nitrogen and oxygen atoms in total. The van der Waals surface area contributed by atoms with Gasteiger partial charge in [-0.3, -0.25) is 0 Å². The van der Waals surface area contributed by atoms with E-state index in [1.807, 2.05) is 0 Å². The van der Waals surface area contributed by atoms with Crippen molar-refractivity contribution in [3.63, 3.8) is 0 Å². The van der Waals surface area contributed by atoms with Crippen molar-refractivity contribution < 1.29 is 14.3 Å². The van der Waals surface area contributed by atoms with Crippen LogP contribution in [0.4, 0.5) is 0 Å². The predicted molar refractivity (Wildman–Crippen MR) is 77.9 cm³/mol. The number of benzene rings is 1. The van der Waals surface area contributed by atoms with Crippen molar-refractivity contribution in [1.29, 1.82) is 0 Å². The molecule has 8 heteroatoms. The fourth-order valence-corrected chi connectivity index (χ4v) is 2.29. The summed E-state index contributed by atoms with van der Waals surface area (Å²) in [5, 5.41) is 0.0508. The summed E-state index contributed by atoms with van der Waals surface area (Å²) in [6, 6.07) is 0. The summed E-state index contributed by atoms with van der Waals surface area (Å²) in [5.41, 5.74) is 0. The Morgan fingerprint density at radius 1 is 0.947 bits per heavy atom. The molecule has 0 aliphatic heterocycles. The first-order chi connectivity index (χ1) is 8.79. The molecule has 19 heavy (non-hydrogen) atoms. The highest BCUT2D eigenvalue weighted by molar-refractivity contribution is 6.55. The van der Waals surface area contributed by atoms with Crippen molar-refractivity contribution in [3.8, 4) is 5.75 Å². The Hall–Kier alpha value is -0.320. The maximum atomic E-state index is 11.1. The van der Waals surface area contributed by atoms with Crippen LogP contribution in [0.5, 0.6) is 5.75 Å². The molecule has 0 fully saturated rings. The van der Waals surface area contributed by atoms with Crippen LogP contribution in [0.2, 0.25) is 25.1 Å². The maximum absolute atomic E-state index is 11.1. The standard InChI is InChI=1S/C11H7Cl5O3/c1-4(3-5(17)18-2)19-11-9(15)7(13)6(12)8(14)10(11)16/h3H,1-2H3/b4-3-. The Kier molecular flexibility index (Phi) is 6.09. The molecule has 0 aliphatic rings. The number of methoxy groups -OCH3 is 1. The fraction of sp³-hybridized carbons (Fsp3) is 0.182. The normalized spacial score (nSPS) is 11.4. The molecule has 0 unspecified atom stereocenters. The molecule has 1 aromatic rings. The maximum Gasteiger partial charge on any atom is 0.333 e. The lowest BCUT2D eigenvalue weighted by Crippen LogP contribution is -2.00. The summed E-state index contributed by atoms with van der Waals surface area (Å²) >= 11 is 29.5. The van der Waals surface area contributed by atoms with Gasteiger partial charge >= 0.3 is 5.97 Å². The first-order valence-electron chi connectivity index (χ1n) is 4.75. The van der Waals surface area contributed by atoms with Crippen LogP contribution >= 0.6 is 58.0 Å². The van der Waals surface area contributed by atoms with Crippen molar-refractivity contribution in [2.24, 2.45) is 0 Å². The minimum atomic E-state index is -0.587. The van der Waals surface area contributed by atoms with Crippen LogP contribution in [0.3, 0.4) is 0 Å². The lowest BCUT2D eigenvalue weighted by Gasteiger charge is -2.13. The van der Waals surface area contributed by atoms with Gasteiger partial charge in [0.1, 0.15) is 15.8 Å². The Morgan fingerprint density at radius 3 is 1.79 bits per heavy atom. The van der Waals surface area contributed by atoms with Crippen LogP contribution in [-0.2, 0) is 9.53 Å². The second kappa shape index (κ2) is 6.91. The summed E-state index contributed by atoms with van der Waals surface area (Å²) < 4.78 is 9.78. The first-order valence-corrected chi connectivity index (χ1v) is 6.64. The Labute approximate surface area is 134 Å². The van der Waals surface area contributed by atoms with Gasteiger partial charge in [-0.2, -0.15) is 0 Å². The molecule has 1 rings (SSSR count). The summed E-state index contributed by atoms with van der Waals surface area (Å²) in [6.45, 7) is 1.51. The second-order valence-electron chi connectivity index (χ2n) is 3.28. The molecule has 0 aromatic heterocycles. The van der Waals surface area contributed by atoms with E-state index in [2.05, 4.69) is 4.74 Å². The number of esters is 1. The molecular weight excluding hydrogens is 357 g/mol. The average molecular weight is 364 g/mol. The van der Waals surface area contributed by atoms with E-state index < -0.39 is 5.97 Å².